The maximum absolute atomic E-state index is 12.7. The Morgan fingerprint density at radius 2 is 1.92 bits per heavy atom. The molecule has 0 aliphatic rings. The molecule has 5 nitrogen and oxygen atoms in total. The minimum Gasteiger partial charge on any atom is -0.484 e. The Balaban J connectivity index is 1.93. The van der Waals surface area contributed by atoms with Crippen LogP contribution in [0.5, 0.6) is 5.75 Å². The lowest BCUT2D eigenvalue weighted by atomic mass is 10.1. The van der Waals surface area contributed by atoms with E-state index in [-0.39, 0.29) is 17.9 Å². The first-order valence-electron chi connectivity index (χ1n) is 7.43. The molecule has 0 spiro atoms. The molecule has 0 saturated heterocycles. The highest BCUT2D eigenvalue weighted by Crippen LogP contribution is 2.29. The van der Waals surface area contributed by atoms with Crippen LogP contribution in [0, 0.1) is 11.3 Å². The maximum Gasteiger partial charge on any atom is 0.416 e. The second-order valence-electron chi connectivity index (χ2n) is 5.24. The third kappa shape index (κ3) is 5.34. The summed E-state index contributed by atoms with van der Waals surface area (Å²) in [5, 5.41) is 12.5. The molecule has 2 aromatic carbocycles. The number of benzene rings is 2. The molecule has 26 heavy (non-hydrogen) atoms. The number of nitriles is 1. The molecule has 2 rings (SSSR count). The molecule has 0 aliphatic carbocycles. The van der Waals surface area contributed by atoms with Gasteiger partial charge in [-0.2, -0.15) is 23.5 Å². The monoisotopic (exact) mass is 361 g/mol. The van der Waals surface area contributed by atoms with Crippen LogP contribution in [0.2, 0.25) is 0 Å². The van der Waals surface area contributed by atoms with E-state index >= 15 is 0 Å². The minimum atomic E-state index is -4.45. The van der Waals surface area contributed by atoms with Gasteiger partial charge in [0.2, 0.25) is 0 Å². The predicted molar refractivity (Wildman–Crippen MR) is 88.4 cm³/mol. The molecule has 1 amide bonds. The highest BCUT2D eigenvalue weighted by molar-refractivity contribution is 5.99. The van der Waals surface area contributed by atoms with Gasteiger partial charge in [-0.15, -0.1) is 0 Å². The quantitative estimate of drug-likeness (QED) is 0.654. The number of carbonyl (C=O) groups excluding carboxylic acids is 1. The number of hydrogen-bond acceptors (Lipinski definition) is 4. The number of halogens is 3. The highest BCUT2D eigenvalue weighted by atomic mass is 19.4. The zero-order chi connectivity index (χ0) is 19.2. The van der Waals surface area contributed by atoms with E-state index in [9.17, 15) is 18.0 Å². The van der Waals surface area contributed by atoms with Crippen LogP contribution in [-0.2, 0) is 11.0 Å². The normalized spacial score (nSPS) is 11.6. The van der Waals surface area contributed by atoms with Crippen molar-refractivity contribution in [3.8, 4) is 11.8 Å². The number of hydrogen-bond donors (Lipinski definition) is 1. The SMILES string of the molecule is CC(=NNC(=O)COc1ccc(C#N)cc1)c1cccc(C(F)(F)F)c1. The molecule has 0 unspecified atom stereocenters. The van der Waals surface area contributed by atoms with Crippen molar-refractivity contribution in [2.24, 2.45) is 5.10 Å². The zero-order valence-electron chi connectivity index (χ0n) is 13.7. The highest BCUT2D eigenvalue weighted by Gasteiger charge is 2.30. The van der Waals surface area contributed by atoms with Crippen LogP contribution in [0.15, 0.2) is 53.6 Å². The summed E-state index contributed by atoms with van der Waals surface area (Å²) in [7, 11) is 0. The molecule has 1 N–H and O–H groups in total. The van der Waals surface area contributed by atoms with Crippen LogP contribution in [-0.4, -0.2) is 18.2 Å². The summed E-state index contributed by atoms with van der Waals surface area (Å²) < 4.78 is 43.4. The fourth-order valence-electron chi connectivity index (χ4n) is 1.94. The molecule has 0 heterocycles. The van der Waals surface area contributed by atoms with Crippen molar-refractivity contribution in [2.75, 3.05) is 6.61 Å². The molecule has 0 fully saturated rings. The number of ether oxygens (including phenoxy) is 1. The molecule has 0 atom stereocenters. The third-order valence-electron chi connectivity index (χ3n) is 3.31. The lowest BCUT2D eigenvalue weighted by Gasteiger charge is -2.09. The number of alkyl halides is 3. The van der Waals surface area contributed by atoms with Gasteiger partial charge in [-0.3, -0.25) is 4.79 Å². The molecule has 8 heteroatoms. The van der Waals surface area contributed by atoms with Gasteiger partial charge in [0, 0.05) is 0 Å². The number of rotatable bonds is 5. The molecule has 0 bridgehead atoms. The van der Waals surface area contributed by atoms with Gasteiger partial charge in [0.15, 0.2) is 6.61 Å². The first kappa shape index (κ1) is 19.0. The topological polar surface area (TPSA) is 74.5 Å². The van der Waals surface area contributed by atoms with Crippen LogP contribution < -0.4 is 10.2 Å². The Bertz CT molecular complexity index is 853. The van der Waals surface area contributed by atoms with E-state index in [4.69, 9.17) is 10.00 Å². The molecule has 0 radical (unpaired) electrons. The van der Waals surface area contributed by atoms with Gasteiger partial charge >= 0.3 is 6.18 Å². The Kier molecular flexibility index (Phi) is 5.96. The van der Waals surface area contributed by atoms with E-state index in [0.29, 0.717) is 11.3 Å². The van der Waals surface area contributed by atoms with Crippen LogP contribution in [0.4, 0.5) is 13.2 Å². The minimum absolute atomic E-state index is 0.225. The molecule has 0 saturated carbocycles. The average Bonchev–Trinajstić information content (AvgIpc) is 2.64. The number of hydrazone groups is 1. The van der Waals surface area contributed by atoms with E-state index in [1.54, 1.807) is 24.3 Å². The van der Waals surface area contributed by atoms with Crippen molar-refractivity contribution in [1.29, 1.82) is 5.26 Å². The molecule has 0 aliphatic heterocycles. The van der Waals surface area contributed by atoms with Crippen LogP contribution in [0.3, 0.4) is 0 Å². The fourth-order valence-corrected chi connectivity index (χ4v) is 1.94. The molecular formula is C18H14F3N3O2. The largest absolute Gasteiger partial charge is 0.484 e. The van der Waals surface area contributed by atoms with E-state index in [0.717, 1.165) is 12.1 Å². The van der Waals surface area contributed by atoms with Crippen LogP contribution >= 0.6 is 0 Å². The first-order valence-corrected chi connectivity index (χ1v) is 7.43. The Hall–Kier alpha value is -3.34. The lowest BCUT2D eigenvalue weighted by molar-refractivity contribution is -0.137. The van der Waals surface area contributed by atoms with Gasteiger partial charge in [-0.05, 0) is 48.9 Å². The van der Waals surface area contributed by atoms with Gasteiger partial charge < -0.3 is 4.74 Å². The predicted octanol–water partition coefficient (Wildman–Crippen LogP) is 3.50. The second-order valence-corrected chi connectivity index (χ2v) is 5.24. The van der Waals surface area contributed by atoms with Crippen LogP contribution in [0.25, 0.3) is 0 Å². The zero-order valence-corrected chi connectivity index (χ0v) is 13.7. The molecule has 0 aromatic heterocycles. The number of carbonyl (C=O) groups is 1. The first-order chi connectivity index (χ1) is 12.3. The van der Waals surface area contributed by atoms with Gasteiger partial charge in [0.05, 0.1) is 22.9 Å². The van der Waals surface area contributed by atoms with Crippen molar-refractivity contribution in [3.63, 3.8) is 0 Å². The average molecular weight is 361 g/mol. The van der Waals surface area contributed by atoms with E-state index in [1.165, 1.54) is 19.1 Å². The number of amides is 1. The van der Waals surface area contributed by atoms with Crippen molar-refractivity contribution in [2.45, 2.75) is 13.1 Å². The summed E-state index contributed by atoms with van der Waals surface area (Å²) in [6, 6.07) is 12.8. The molecule has 2 aromatic rings. The van der Waals surface area contributed by atoms with Crippen molar-refractivity contribution in [3.05, 3.63) is 65.2 Å². The summed E-state index contributed by atoms with van der Waals surface area (Å²) in [4.78, 5) is 11.7. The van der Waals surface area contributed by atoms with E-state index in [1.807, 2.05) is 6.07 Å². The van der Waals surface area contributed by atoms with E-state index in [2.05, 4.69) is 10.5 Å². The third-order valence-corrected chi connectivity index (χ3v) is 3.31. The summed E-state index contributed by atoms with van der Waals surface area (Å²) >= 11 is 0. The van der Waals surface area contributed by atoms with Crippen molar-refractivity contribution >= 4 is 11.6 Å². The Morgan fingerprint density at radius 3 is 2.54 bits per heavy atom. The Labute approximate surface area is 147 Å². The lowest BCUT2D eigenvalue weighted by Crippen LogP contribution is -2.25. The van der Waals surface area contributed by atoms with Gasteiger partial charge in [0.1, 0.15) is 5.75 Å². The summed E-state index contributed by atoms with van der Waals surface area (Å²) in [5.41, 5.74) is 2.36. The number of nitrogens with zero attached hydrogens (tertiary/aromatic N) is 2. The summed E-state index contributed by atoms with van der Waals surface area (Å²) in [5.74, 6) is -0.168. The summed E-state index contributed by atoms with van der Waals surface area (Å²) in [6.07, 6.45) is -4.45. The van der Waals surface area contributed by atoms with Gasteiger partial charge in [-0.25, -0.2) is 5.43 Å². The van der Waals surface area contributed by atoms with Gasteiger partial charge in [-0.1, -0.05) is 12.1 Å². The molecular weight excluding hydrogens is 347 g/mol. The van der Waals surface area contributed by atoms with Crippen molar-refractivity contribution < 1.29 is 22.7 Å². The van der Waals surface area contributed by atoms with Gasteiger partial charge in [0.25, 0.3) is 5.91 Å². The second kappa shape index (κ2) is 8.16. The smallest absolute Gasteiger partial charge is 0.416 e. The molecule has 134 valence electrons. The maximum atomic E-state index is 12.7. The van der Waals surface area contributed by atoms with E-state index < -0.39 is 17.6 Å². The number of nitrogens with one attached hydrogen (secondary N) is 1. The Morgan fingerprint density at radius 1 is 1.23 bits per heavy atom. The standard InChI is InChI=1S/C18H14F3N3O2/c1-12(14-3-2-4-15(9-14)18(19,20)21)23-24-17(25)11-26-16-7-5-13(10-22)6-8-16/h2-9H,11H2,1H3,(H,24,25). The van der Waals surface area contributed by atoms with Crippen LogP contribution in [0.1, 0.15) is 23.6 Å². The summed E-state index contributed by atoms with van der Waals surface area (Å²) in [6.45, 7) is 1.16. The fraction of sp³-hybridized carbons (Fsp3) is 0.167. The van der Waals surface area contributed by atoms with Crippen molar-refractivity contribution in [1.82, 2.24) is 5.43 Å².